The molecule has 9 nitrogen and oxygen atoms in total. The monoisotopic (exact) mass is 600 g/mol. The first-order chi connectivity index (χ1) is 20.7. The van der Waals surface area contributed by atoms with E-state index < -0.39 is 35.7 Å². The minimum atomic E-state index is -1.39. The van der Waals surface area contributed by atoms with E-state index in [0.29, 0.717) is 24.9 Å². The van der Waals surface area contributed by atoms with E-state index in [1.807, 2.05) is 12.1 Å². The Kier molecular flexibility index (Phi) is 9.36. The van der Waals surface area contributed by atoms with Crippen molar-refractivity contribution in [2.45, 2.75) is 56.1 Å². The summed E-state index contributed by atoms with van der Waals surface area (Å²) in [5.41, 5.74) is 1.09. The zero-order valence-electron chi connectivity index (χ0n) is 24.1. The van der Waals surface area contributed by atoms with Gasteiger partial charge in [0.25, 0.3) is 0 Å². The Balaban J connectivity index is 1.30. The predicted molar refractivity (Wildman–Crippen MR) is 150 cm³/mol. The number of likely N-dealkylation sites (tertiary alicyclic amines) is 1. The Morgan fingerprint density at radius 1 is 0.953 bits per heavy atom. The van der Waals surface area contributed by atoms with E-state index in [-0.39, 0.29) is 35.3 Å². The van der Waals surface area contributed by atoms with Crippen molar-refractivity contribution < 1.29 is 37.0 Å². The van der Waals surface area contributed by atoms with Gasteiger partial charge in [0.05, 0.1) is 25.0 Å². The molecule has 0 radical (unpaired) electrons. The fourth-order valence-electron chi connectivity index (χ4n) is 6.47. The number of carbonyl (C=O) groups excluding carboxylic acids is 3. The van der Waals surface area contributed by atoms with Gasteiger partial charge in [0.2, 0.25) is 0 Å². The van der Waals surface area contributed by atoms with Crippen molar-refractivity contribution >= 4 is 18.0 Å². The van der Waals surface area contributed by atoms with Gasteiger partial charge in [0.1, 0.15) is 11.9 Å². The van der Waals surface area contributed by atoms with Gasteiger partial charge in [-0.05, 0) is 73.4 Å². The Morgan fingerprint density at radius 3 is 2.30 bits per heavy atom. The van der Waals surface area contributed by atoms with Crippen LogP contribution in [0.5, 0.6) is 0 Å². The Labute approximate surface area is 248 Å². The number of methoxy groups -OCH3 is 2. The molecule has 43 heavy (non-hydrogen) atoms. The van der Waals surface area contributed by atoms with Gasteiger partial charge in [0, 0.05) is 32.3 Å². The number of nitrogens with one attached hydrogen (secondary N) is 2. The summed E-state index contributed by atoms with van der Waals surface area (Å²) in [4.78, 5) is 43.0. The molecule has 2 aromatic rings. The number of carbonyl (C=O) groups is 3. The lowest BCUT2D eigenvalue weighted by molar-refractivity contribution is -0.137. The van der Waals surface area contributed by atoms with Gasteiger partial charge in [-0.25, -0.2) is 32.5 Å². The van der Waals surface area contributed by atoms with E-state index >= 15 is 0 Å². The number of esters is 1. The van der Waals surface area contributed by atoms with E-state index in [2.05, 4.69) is 15.5 Å². The van der Waals surface area contributed by atoms with Crippen LogP contribution in [0.4, 0.5) is 22.8 Å². The number of urea groups is 2. The molecular formula is C31H35F3N4O5. The zero-order valence-corrected chi connectivity index (χ0v) is 24.1. The third-order valence-corrected chi connectivity index (χ3v) is 8.61. The average molecular weight is 601 g/mol. The van der Waals surface area contributed by atoms with Gasteiger partial charge in [-0.15, -0.1) is 0 Å². The fraction of sp³-hybridized carbons (Fsp3) is 0.452. The first kappa shape index (κ1) is 30.6. The number of amides is 4. The largest absolute Gasteiger partial charge is 0.466 e. The number of ether oxygens (including phenoxy) is 2. The number of nitrogens with zero attached hydrogens (tertiary/aromatic N) is 2. The van der Waals surface area contributed by atoms with Gasteiger partial charge < -0.3 is 20.1 Å². The first-order valence-electron chi connectivity index (χ1n) is 14.4. The second kappa shape index (κ2) is 13.2. The molecule has 2 N–H and O–H groups in total. The van der Waals surface area contributed by atoms with Crippen LogP contribution in [0.2, 0.25) is 0 Å². The van der Waals surface area contributed by atoms with Gasteiger partial charge in [0.15, 0.2) is 11.6 Å². The summed E-state index contributed by atoms with van der Waals surface area (Å²) in [5, 5.41) is 5.44. The number of hydrogen-bond acceptors (Lipinski definition) is 6. The molecule has 3 aliphatic rings. The molecule has 2 atom stereocenters. The molecule has 0 bridgehead atoms. The highest BCUT2D eigenvalue weighted by molar-refractivity contribution is 6.01. The Hall–Kier alpha value is -3.90. The Morgan fingerprint density at radius 2 is 1.65 bits per heavy atom. The summed E-state index contributed by atoms with van der Waals surface area (Å²) in [6.45, 7) is 1.16. The molecular weight excluding hydrogens is 565 g/mol. The van der Waals surface area contributed by atoms with E-state index in [1.165, 1.54) is 25.3 Å². The first-order valence-corrected chi connectivity index (χ1v) is 14.4. The Bertz CT molecular complexity index is 1390. The van der Waals surface area contributed by atoms with Crippen LogP contribution >= 0.6 is 0 Å². The summed E-state index contributed by atoms with van der Waals surface area (Å²) >= 11 is 0. The third-order valence-electron chi connectivity index (χ3n) is 8.61. The summed E-state index contributed by atoms with van der Waals surface area (Å²) in [5.74, 6) is -3.02. The lowest BCUT2D eigenvalue weighted by Crippen LogP contribution is -2.56. The molecule has 2 heterocycles. The summed E-state index contributed by atoms with van der Waals surface area (Å²) in [6, 6.07) is 6.70. The van der Waals surface area contributed by atoms with Crippen molar-refractivity contribution in [3.63, 3.8) is 0 Å². The van der Waals surface area contributed by atoms with Gasteiger partial charge in [-0.2, -0.15) is 0 Å². The van der Waals surface area contributed by atoms with E-state index in [4.69, 9.17) is 9.47 Å². The van der Waals surface area contributed by atoms with Crippen molar-refractivity contribution in [2.75, 3.05) is 33.9 Å². The second-order valence-corrected chi connectivity index (χ2v) is 11.2. The number of benzene rings is 2. The molecule has 1 saturated carbocycles. The molecule has 4 amide bonds. The van der Waals surface area contributed by atoms with Crippen molar-refractivity contribution in [1.29, 1.82) is 0 Å². The standard InChI is InChI=1S/C31H35F3N4O5/c1-42-17-26-27(29(39)43-2)28(20-7-12-24(33)25(34)15-20)38(31(41)36-26)30(40)35-22-13-14-37(16-22)23-10-5-19(6-11-23)18-3-8-21(32)9-4-18/h3-4,7-9,12,15,19,22-23,28H,5-6,10-11,13-14,16-17H2,1-2H3,(H,35,40)(H,36,41). The smallest absolute Gasteiger partial charge is 0.338 e. The van der Waals surface area contributed by atoms with Crippen LogP contribution in [0, 0.1) is 17.5 Å². The molecule has 1 aliphatic carbocycles. The lowest BCUT2D eigenvalue weighted by Gasteiger charge is -2.37. The minimum Gasteiger partial charge on any atom is -0.466 e. The van der Waals surface area contributed by atoms with Gasteiger partial charge in [-0.1, -0.05) is 18.2 Å². The highest BCUT2D eigenvalue weighted by Gasteiger charge is 2.44. The van der Waals surface area contributed by atoms with Crippen LogP contribution in [0.3, 0.4) is 0 Å². The summed E-state index contributed by atoms with van der Waals surface area (Å²) < 4.78 is 51.5. The SMILES string of the molecule is COCC1=C(C(=O)OC)C(c2ccc(F)c(F)c2)N(C(=O)NC2CCN(C3CCC(c4ccc(F)cc4)CC3)C2)C(=O)N1. The van der Waals surface area contributed by atoms with E-state index in [0.717, 1.165) is 61.9 Å². The van der Waals surface area contributed by atoms with Crippen molar-refractivity contribution in [2.24, 2.45) is 0 Å². The maximum absolute atomic E-state index is 14.3. The number of hydrogen-bond donors (Lipinski definition) is 2. The van der Waals surface area contributed by atoms with Crippen LogP contribution in [0.15, 0.2) is 53.7 Å². The van der Waals surface area contributed by atoms with Crippen LogP contribution in [-0.4, -0.2) is 73.8 Å². The molecule has 2 fully saturated rings. The maximum atomic E-state index is 14.3. The fourth-order valence-corrected chi connectivity index (χ4v) is 6.47. The molecule has 1 saturated heterocycles. The zero-order chi connectivity index (χ0) is 30.7. The molecule has 230 valence electrons. The molecule has 5 rings (SSSR count). The van der Waals surface area contributed by atoms with E-state index in [1.54, 1.807) is 0 Å². The van der Waals surface area contributed by atoms with Crippen LogP contribution in [-0.2, 0) is 14.3 Å². The average Bonchev–Trinajstić information content (AvgIpc) is 3.47. The molecule has 2 aromatic carbocycles. The third kappa shape index (κ3) is 6.54. The van der Waals surface area contributed by atoms with Crippen molar-refractivity contribution in [3.8, 4) is 0 Å². The minimum absolute atomic E-state index is 0.0175. The molecule has 12 heteroatoms. The van der Waals surface area contributed by atoms with E-state index in [9.17, 15) is 27.6 Å². The summed E-state index contributed by atoms with van der Waals surface area (Å²) in [7, 11) is 2.50. The molecule has 0 spiro atoms. The topological polar surface area (TPSA) is 100 Å². The number of rotatable bonds is 7. The van der Waals surface area contributed by atoms with Crippen LogP contribution in [0.25, 0.3) is 0 Å². The number of halogens is 3. The molecule has 2 aliphatic heterocycles. The quantitative estimate of drug-likeness (QED) is 0.445. The van der Waals surface area contributed by atoms with Crippen LogP contribution < -0.4 is 10.6 Å². The molecule has 0 aromatic heterocycles. The highest BCUT2D eigenvalue weighted by Crippen LogP contribution is 2.37. The van der Waals surface area contributed by atoms with Crippen molar-refractivity contribution in [3.05, 3.63) is 82.3 Å². The normalized spacial score (nSPS) is 24.6. The van der Waals surface area contributed by atoms with Gasteiger partial charge >= 0.3 is 18.0 Å². The highest BCUT2D eigenvalue weighted by atomic mass is 19.2. The molecule has 2 unspecified atom stereocenters. The second-order valence-electron chi connectivity index (χ2n) is 11.2. The lowest BCUT2D eigenvalue weighted by atomic mass is 9.81. The van der Waals surface area contributed by atoms with Crippen molar-refractivity contribution in [1.82, 2.24) is 20.4 Å². The maximum Gasteiger partial charge on any atom is 0.338 e. The van der Waals surface area contributed by atoms with Gasteiger partial charge in [-0.3, -0.25) is 4.90 Å². The number of imide groups is 1. The summed E-state index contributed by atoms with van der Waals surface area (Å²) in [6.07, 6.45) is 4.58. The predicted octanol–water partition coefficient (Wildman–Crippen LogP) is 4.75. The van der Waals surface area contributed by atoms with Crippen LogP contribution in [0.1, 0.15) is 55.2 Å².